The number of hydrogen-bond acceptors (Lipinski definition) is 5. The zero-order valence-corrected chi connectivity index (χ0v) is 19.8. The Kier molecular flexibility index (Phi) is 5.86. The summed E-state index contributed by atoms with van der Waals surface area (Å²) >= 11 is 0. The molecule has 1 fully saturated rings. The third kappa shape index (κ3) is 4.42. The second-order valence-corrected chi connectivity index (χ2v) is 9.27. The first-order valence-corrected chi connectivity index (χ1v) is 11.6. The van der Waals surface area contributed by atoms with Crippen molar-refractivity contribution in [3.63, 3.8) is 0 Å². The van der Waals surface area contributed by atoms with Crippen molar-refractivity contribution in [1.82, 2.24) is 29.1 Å². The van der Waals surface area contributed by atoms with E-state index in [2.05, 4.69) is 22.2 Å². The number of nitrogens with zero attached hydrogens (tertiary/aromatic N) is 6. The average molecular weight is 473 g/mol. The number of urea groups is 1. The van der Waals surface area contributed by atoms with Crippen molar-refractivity contribution in [2.75, 3.05) is 27.2 Å². The van der Waals surface area contributed by atoms with E-state index in [1.54, 1.807) is 23.7 Å². The number of rotatable bonds is 4. The average Bonchev–Trinajstić information content (AvgIpc) is 3.31. The van der Waals surface area contributed by atoms with Crippen LogP contribution in [0.1, 0.15) is 12.8 Å². The van der Waals surface area contributed by atoms with Crippen molar-refractivity contribution in [2.24, 2.45) is 0 Å². The van der Waals surface area contributed by atoms with Gasteiger partial charge in [0, 0.05) is 27.2 Å². The molecule has 0 atom stereocenters. The lowest BCUT2D eigenvalue weighted by Gasteiger charge is -2.39. The molecule has 1 saturated heterocycles. The van der Waals surface area contributed by atoms with E-state index in [-0.39, 0.29) is 18.1 Å². The van der Waals surface area contributed by atoms with Crippen LogP contribution in [-0.2, 0) is 6.54 Å². The molecule has 0 saturated carbocycles. The van der Waals surface area contributed by atoms with Gasteiger partial charge in [-0.3, -0.25) is 9.36 Å². The van der Waals surface area contributed by atoms with Crippen molar-refractivity contribution >= 4 is 17.1 Å². The van der Waals surface area contributed by atoms with Gasteiger partial charge in [0.05, 0.1) is 24.0 Å². The standard InChI is InChI=1S/C26H28N6O3/c1-29(2)25(34)30-14-12-26(35,13-15-30)17-31-18-27-23-22(24(31)33)16-28-32(23)21-10-8-20(9-11-21)19-6-4-3-5-7-19/h3-11,16,18,35H,12-15,17H2,1-2H3. The van der Waals surface area contributed by atoms with Crippen LogP contribution in [0.2, 0.25) is 0 Å². The van der Waals surface area contributed by atoms with Crippen LogP contribution in [-0.4, -0.2) is 73.1 Å². The van der Waals surface area contributed by atoms with Gasteiger partial charge in [-0.2, -0.15) is 5.10 Å². The molecule has 1 N–H and O–H groups in total. The smallest absolute Gasteiger partial charge is 0.319 e. The molecule has 1 aliphatic rings. The molecule has 1 aliphatic heterocycles. The van der Waals surface area contributed by atoms with Gasteiger partial charge in [-0.25, -0.2) is 14.5 Å². The van der Waals surface area contributed by atoms with E-state index < -0.39 is 5.60 Å². The van der Waals surface area contributed by atoms with Crippen molar-refractivity contribution < 1.29 is 9.90 Å². The second-order valence-electron chi connectivity index (χ2n) is 9.27. The minimum absolute atomic E-state index is 0.0727. The molecular formula is C26H28N6O3. The maximum absolute atomic E-state index is 13.2. The number of carbonyl (C=O) groups is 1. The highest BCUT2D eigenvalue weighted by Crippen LogP contribution is 2.25. The molecule has 0 aliphatic carbocycles. The molecule has 9 heteroatoms. The van der Waals surface area contributed by atoms with E-state index in [4.69, 9.17) is 0 Å². The first-order chi connectivity index (χ1) is 16.8. The molecule has 5 rings (SSSR count). The second kappa shape index (κ2) is 8.99. The summed E-state index contributed by atoms with van der Waals surface area (Å²) in [4.78, 5) is 33.1. The number of fused-ring (bicyclic) bond motifs is 1. The molecule has 0 unspecified atom stereocenters. The van der Waals surface area contributed by atoms with Gasteiger partial charge in [0.15, 0.2) is 5.65 Å². The number of aromatic nitrogens is 4. The van der Waals surface area contributed by atoms with Crippen LogP contribution < -0.4 is 5.56 Å². The van der Waals surface area contributed by atoms with Crippen molar-refractivity contribution in [3.8, 4) is 16.8 Å². The van der Waals surface area contributed by atoms with Crippen LogP contribution in [0.15, 0.2) is 71.9 Å². The van der Waals surface area contributed by atoms with Crippen LogP contribution in [0.4, 0.5) is 4.79 Å². The number of likely N-dealkylation sites (tertiary alicyclic amines) is 1. The molecule has 3 heterocycles. The van der Waals surface area contributed by atoms with Gasteiger partial charge < -0.3 is 14.9 Å². The van der Waals surface area contributed by atoms with E-state index in [1.165, 1.54) is 22.0 Å². The minimum Gasteiger partial charge on any atom is -0.388 e. The van der Waals surface area contributed by atoms with Crippen LogP contribution in [0, 0.1) is 0 Å². The summed E-state index contributed by atoms with van der Waals surface area (Å²) in [6, 6.07) is 18.0. The van der Waals surface area contributed by atoms with Crippen LogP contribution in [0.3, 0.4) is 0 Å². The molecule has 180 valence electrons. The lowest BCUT2D eigenvalue weighted by Crippen LogP contribution is -2.51. The summed E-state index contributed by atoms with van der Waals surface area (Å²) in [7, 11) is 3.42. The highest BCUT2D eigenvalue weighted by atomic mass is 16.3. The Morgan fingerprint density at radius 1 is 1.03 bits per heavy atom. The van der Waals surface area contributed by atoms with Crippen molar-refractivity contribution in [2.45, 2.75) is 25.0 Å². The van der Waals surface area contributed by atoms with E-state index in [0.717, 1.165) is 16.8 Å². The highest BCUT2D eigenvalue weighted by Gasteiger charge is 2.35. The molecule has 9 nitrogen and oxygen atoms in total. The zero-order valence-electron chi connectivity index (χ0n) is 19.8. The Balaban J connectivity index is 1.36. The lowest BCUT2D eigenvalue weighted by molar-refractivity contribution is -0.0282. The Labute approximate surface area is 202 Å². The molecule has 2 amide bonds. The number of aliphatic hydroxyl groups is 1. The quantitative estimate of drug-likeness (QED) is 0.493. The highest BCUT2D eigenvalue weighted by molar-refractivity contribution is 5.75. The Bertz CT molecular complexity index is 1400. The zero-order chi connectivity index (χ0) is 24.6. The van der Waals surface area contributed by atoms with Crippen molar-refractivity contribution in [1.29, 1.82) is 0 Å². The molecule has 4 aromatic rings. The number of hydrogen-bond donors (Lipinski definition) is 1. The molecular weight excluding hydrogens is 444 g/mol. The van der Waals surface area contributed by atoms with Crippen molar-refractivity contribution in [3.05, 3.63) is 77.5 Å². The lowest BCUT2D eigenvalue weighted by atomic mass is 9.91. The molecule has 2 aromatic carbocycles. The van der Waals surface area contributed by atoms with E-state index in [9.17, 15) is 14.7 Å². The Hall–Kier alpha value is -3.98. The van der Waals surface area contributed by atoms with Crippen LogP contribution >= 0.6 is 0 Å². The third-order valence-electron chi connectivity index (χ3n) is 6.59. The fourth-order valence-corrected chi connectivity index (χ4v) is 4.55. The third-order valence-corrected chi connectivity index (χ3v) is 6.59. The molecule has 0 radical (unpaired) electrons. The Morgan fingerprint density at radius 2 is 1.69 bits per heavy atom. The molecule has 0 spiro atoms. The molecule has 0 bridgehead atoms. The fraction of sp³-hybridized carbons (Fsp3) is 0.308. The summed E-state index contributed by atoms with van der Waals surface area (Å²) in [5.41, 5.74) is 2.17. The molecule has 2 aromatic heterocycles. The largest absolute Gasteiger partial charge is 0.388 e. The predicted molar refractivity (Wildman–Crippen MR) is 133 cm³/mol. The van der Waals surface area contributed by atoms with Gasteiger partial charge in [0.25, 0.3) is 5.56 Å². The van der Waals surface area contributed by atoms with Gasteiger partial charge in [0.2, 0.25) is 0 Å². The van der Waals surface area contributed by atoms with E-state index in [1.807, 2.05) is 42.5 Å². The van der Waals surface area contributed by atoms with Gasteiger partial charge in [-0.15, -0.1) is 0 Å². The number of amides is 2. The minimum atomic E-state index is -1.08. The summed E-state index contributed by atoms with van der Waals surface area (Å²) in [5, 5.41) is 15.9. The SMILES string of the molecule is CN(C)C(=O)N1CCC(O)(Cn2cnc3c(cnn3-c3ccc(-c4ccccc4)cc3)c2=O)CC1. The summed E-state index contributed by atoms with van der Waals surface area (Å²) in [6.45, 7) is 0.999. The Morgan fingerprint density at radius 3 is 2.34 bits per heavy atom. The van der Waals surface area contributed by atoms with Gasteiger partial charge >= 0.3 is 6.03 Å². The normalized spacial score (nSPS) is 15.3. The van der Waals surface area contributed by atoms with Gasteiger partial charge in [-0.05, 0) is 36.1 Å². The molecule has 35 heavy (non-hydrogen) atoms. The van der Waals surface area contributed by atoms with Gasteiger partial charge in [-0.1, -0.05) is 42.5 Å². The number of piperidine rings is 1. The van der Waals surface area contributed by atoms with E-state index >= 15 is 0 Å². The fourth-order valence-electron chi connectivity index (χ4n) is 4.55. The topological polar surface area (TPSA) is 96.5 Å². The summed E-state index contributed by atoms with van der Waals surface area (Å²) < 4.78 is 3.09. The van der Waals surface area contributed by atoms with Crippen LogP contribution in [0.5, 0.6) is 0 Å². The maximum atomic E-state index is 13.2. The number of benzene rings is 2. The van der Waals surface area contributed by atoms with Gasteiger partial charge in [0.1, 0.15) is 11.7 Å². The maximum Gasteiger partial charge on any atom is 0.319 e. The van der Waals surface area contributed by atoms with E-state index in [0.29, 0.717) is 37.0 Å². The predicted octanol–water partition coefficient (Wildman–Crippen LogP) is 2.76. The first-order valence-electron chi connectivity index (χ1n) is 11.6. The summed E-state index contributed by atoms with van der Waals surface area (Å²) in [6.07, 6.45) is 3.78. The monoisotopic (exact) mass is 472 g/mol. The number of carbonyl (C=O) groups excluding carboxylic acids is 1. The summed E-state index contributed by atoms with van der Waals surface area (Å²) in [5.74, 6) is 0. The van der Waals surface area contributed by atoms with Crippen LogP contribution in [0.25, 0.3) is 27.8 Å². The first kappa shape index (κ1) is 22.8.